The van der Waals surface area contributed by atoms with Gasteiger partial charge in [-0.1, -0.05) is 35.5 Å². The van der Waals surface area contributed by atoms with Gasteiger partial charge in [0.1, 0.15) is 5.01 Å². The van der Waals surface area contributed by atoms with E-state index in [2.05, 4.69) is 32.6 Å². The van der Waals surface area contributed by atoms with Crippen molar-refractivity contribution in [1.82, 2.24) is 20.0 Å². The molecule has 0 radical (unpaired) electrons. The van der Waals surface area contributed by atoms with Gasteiger partial charge in [0.25, 0.3) is 0 Å². The Morgan fingerprint density at radius 2 is 2.05 bits per heavy atom. The number of aryl methyl sites for hydroxylation is 1. The van der Waals surface area contributed by atoms with E-state index in [9.17, 15) is 0 Å². The third-order valence-electron chi connectivity index (χ3n) is 3.81. The van der Waals surface area contributed by atoms with Gasteiger partial charge in [-0.3, -0.25) is 4.90 Å². The molecule has 22 heavy (non-hydrogen) atoms. The zero-order chi connectivity index (χ0) is 14.9. The van der Waals surface area contributed by atoms with Crippen LogP contribution in [0.2, 0.25) is 0 Å². The standard InChI is InChI=1S/C16H16N4OS/c1-11-17-15(21-19-11)13-7-20(8-13)9-14-10-22-16(18-14)12-5-3-2-4-6-12/h2-6,10,13H,7-9H2,1H3. The summed E-state index contributed by atoms with van der Waals surface area (Å²) in [6, 6.07) is 10.3. The second-order valence-corrected chi connectivity index (χ2v) is 6.44. The van der Waals surface area contributed by atoms with Gasteiger partial charge in [0.05, 0.1) is 11.6 Å². The van der Waals surface area contributed by atoms with E-state index in [0.717, 1.165) is 36.2 Å². The van der Waals surface area contributed by atoms with E-state index in [1.54, 1.807) is 11.3 Å². The molecule has 5 nitrogen and oxygen atoms in total. The topological polar surface area (TPSA) is 55.1 Å². The zero-order valence-electron chi connectivity index (χ0n) is 12.3. The summed E-state index contributed by atoms with van der Waals surface area (Å²) in [6.45, 7) is 4.65. The zero-order valence-corrected chi connectivity index (χ0v) is 13.1. The monoisotopic (exact) mass is 312 g/mol. The number of rotatable bonds is 4. The largest absolute Gasteiger partial charge is 0.339 e. The molecule has 0 aliphatic carbocycles. The van der Waals surface area contributed by atoms with Crippen LogP contribution in [-0.2, 0) is 6.54 Å². The fourth-order valence-corrected chi connectivity index (χ4v) is 3.47. The Kier molecular flexibility index (Phi) is 3.48. The number of likely N-dealkylation sites (tertiary alicyclic amines) is 1. The summed E-state index contributed by atoms with van der Waals surface area (Å²) in [7, 11) is 0. The first-order chi connectivity index (χ1) is 10.8. The summed E-state index contributed by atoms with van der Waals surface area (Å²) in [5, 5.41) is 7.08. The summed E-state index contributed by atoms with van der Waals surface area (Å²) in [5.41, 5.74) is 2.31. The van der Waals surface area contributed by atoms with Gasteiger partial charge in [0.15, 0.2) is 5.82 Å². The van der Waals surface area contributed by atoms with Crippen molar-refractivity contribution in [1.29, 1.82) is 0 Å². The maximum Gasteiger partial charge on any atom is 0.232 e. The highest BCUT2D eigenvalue weighted by Crippen LogP contribution is 2.29. The van der Waals surface area contributed by atoms with Crippen LogP contribution >= 0.6 is 11.3 Å². The maximum absolute atomic E-state index is 5.23. The first-order valence-corrected chi connectivity index (χ1v) is 8.18. The Labute approximate surface area is 132 Å². The Balaban J connectivity index is 1.37. The molecular weight excluding hydrogens is 296 g/mol. The molecule has 0 bridgehead atoms. The van der Waals surface area contributed by atoms with Gasteiger partial charge in [-0.2, -0.15) is 4.98 Å². The molecule has 0 unspecified atom stereocenters. The summed E-state index contributed by atoms with van der Waals surface area (Å²) >= 11 is 1.70. The molecule has 0 amide bonds. The van der Waals surface area contributed by atoms with E-state index < -0.39 is 0 Å². The molecule has 6 heteroatoms. The van der Waals surface area contributed by atoms with E-state index in [4.69, 9.17) is 9.51 Å². The van der Waals surface area contributed by atoms with E-state index >= 15 is 0 Å². The van der Waals surface area contributed by atoms with Gasteiger partial charge >= 0.3 is 0 Å². The van der Waals surface area contributed by atoms with Crippen LogP contribution in [-0.4, -0.2) is 33.1 Å². The van der Waals surface area contributed by atoms with E-state index in [1.165, 1.54) is 5.56 Å². The first kappa shape index (κ1) is 13.6. The van der Waals surface area contributed by atoms with Crippen LogP contribution in [0.1, 0.15) is 23.3 Å². The van der Waals surface area contributed by atoms with Crippen LogP contribution in [0, 0.1) is 6.92 Å². The van der Waals surface area contributed by atoms with Crippen molar-refractivity contribution in [3.8, 4) is 10.6 Å². The van der Waals surface area contributed by atoms with Crippen molar-refractivity contribution in [3.05, 3.63) is 53.1 Å². The van der Waals surface area contributed by atoms with Crippen molar-refractivity contribution in [3.63, 3.8) is 0 Å². The highest BCUT2D eigenvalue weighted by Gasteiger charge is 2.32. The molecule has 4 rings (SSSR count). The minimum atomic E-state index is 0.369. The van der Waals surface area contributed by atoms with Crippen LogP contribution < -0.4 is 0 Å². The van der Waals surface area contributed by atoms with Crippen LogP contribution in [0.15, 0.2) is 40.2 Å². The van der Waals surface area contributed by atoms with Gasteiger partial charge in [0, 0.05) is 30.6 Å². The molecule has 3 heterocycles. The smallest absolute Gasteiger partial charge is 0.232 e. The van der Waals surface area contributed by atoms with E-state index in [0.29, 0.717) is 11.7 Å². The van der Waals surface area contributed by atoms with Crippen molar-refractivity contribution in [2.75, 3.05) is 13.1 Å². The lowest BCUT2D eigenvalue weighted by atomic mass is 10.00. The third-order valence-corrected chi connectivity index (χ3v) is 4.75. The number of hydrogen-bond donors (Lipinski definition) is 0. The number of aromatic nitrogens is 3. The maximum atomic E-state index is 5.23. The molecule has 0 saturated carbocycles. The predicted octanol–water partition coefficient (Wildman–Crippen LogP) is 3.10. The second kappa shape index (κ2) is 5.62. The molecule has 0 spiro atoms. The van der Waals surface area contributed by atoms with Crippen LogP contribution in [0.25, 0.3) is 10.6 Å². The van der Waals surface area contributed by atoms with Gasteiger partial charge in [-0.25, -0.2) is 4.98 Å². The highest BCUT2D eigenvalue weighted by molar-refractivity contribution is 7.13. The molecule has 112 valence electrons. The number of thiazole rings is 1. The van der Waals surface area contributed by atoms with Crippen LogP contribution in [0.3, 0.4) is 0 Å². The highest BCUT2D eigenvalue weighted by atomic mass is 32.1. The SMILES string of the molecule is Cc1noc(C2CN(Cc3csc(-c4ccccc4)n3)C2)n1. The predicted molar refractivity (Wildman–Crippen MR) is 84.6 cm³/mol. The normalized spacial score (nSPS) is 15.9. The lowest BCUT2D eigenvalue weighted by Crippen LogP contribution is -2.44. The molecule has 1 fully saturated rings. The number of nitrogens with zero attached hydrogens (tertiary/aromatic N) is 4. The summed E-state index contributed by atoms with van der Waals surface area (Å²) in [6.07, 6.45) is 0. The Hall–Kier alpha value is -2.05. The fourth-order valence-electron chi connectivity index (χ4n) is 2.66. The van der Waals surface area contributed by atoms with Gasteiger partial charge in [-0.05, 0) is 6.92 Å². The molecule has 1 saturated heterocycles. The van der Waals surface area contributed by atoms with Crippen molar-refractivity contribution in [2.24, 2.45) is 0 Å². The fraction of sp³-hybridized carbons (Fsp3) is 0.312. The van der Waals surface area contributed by atoms with Crippen molar-refractivity contribution < 1.29 is 4.52 Å². The van der Waals surface area contributed by atoms with E-state index in [1.807, 2.05) is 25.1 Å². The number of hydrogen-bond acceptors (Lipinski definition) is 6. The Bertz CT molecular complexity index is 761. The van der Waals surface area contributed by atoms with Crippen molar-refractivity contribution >= 4 is 11.3 Å². The Morgan fingerprint density at radius 3 is 2.77 bits per heavy atom. The quantitative estimate of drug-likeness (QED) is 0.741. The minimum absolute atomic E-state index is 0.369. The summed E-state index contributed by atoms with van der Waals surface area (Å²) in [4.78, 5) is 11.4. The second-order valence-electron chi connectivity index (χ2n) is 5.58. The molecule has 2 aromatic heterocycles. The van der Waals surface area contributed by atoms with Crippen LogP contribution in [0.5, 0.6) is 0 Å². The summed E-state index contributed by atoms with van der Waals surface area (Å²) < 4.78 is 5.23. The molecule has 1 aromatic carbocycles. The average molecular weight is 312 g/mol. The lowest BCUT2D eigenvalue weighted by Gasteiger charge is -2.36. The minimum Gasteiger partial charge on any atom is -0.339 e. The third kappa shape index (κ3) is 2.67. The lowest BCUT2D eigenvalue weighted by molar-refractivity contribution is 0.116. The van der Waals surface area contributed by atoms with Gasteiger partial charge in [0.2, 0.25) is 5.89 Å². The number of benzene rings is 1. The first-order valence-electron chi connectivity index (χ1n) is 7.30. The molecule has 3 aromatic rings. The van der Waals surface area contributed by atoms with Gasteiger partial charge < -0.3 is 4.52 Å². The summed E-state index contributed by atoms with van der Waals surface area (Å²) in [5.74, 6) is 1.84. The van der Waals surface area contributed by atoms with Gasteiger partial charge in [-0.15, -0.1) is 11.3 Å². The molecule has 0 N–H and O–H groups in total. The van der Waals surface area contributed by atoms with Crippen LogP contribution in [0.4, 0.5) is 0 Å². The molecule has 0 atom stereocenters. The molecule has 1 aliphatic rings. The van der Waals surface area contributed by atoms with E-state index in [-0.39, 0.29) is 0 Å². The molecular formula is C16H16N4OS. The molecule has 1 aliphatic heterocycles. The van der Waals surface area contributed by atoms with Crippen molar-refractivity contribution in [2.45, 2.75) is 19.4 Å². The Morgan fingerprint density at radius 1 is 1.23 bits per heavy atom. The average Bonchev–Trinajstić information content (AvgIpc) is 3.12.